The maximum Gasteiger partial charge on any atom is 0.160 e. The number of pyridine rings is 1. The van der Waals surface area contributed by atoms with Gasteiger partial charge in [0.25, 0.3) is 0 Å². The normalized spacial score (nSPS) is 18.7. The highest BCUT2D eigenvalue weighted by atomic mass is 16.3. The predicted molar refractivity (Wildman–Crippen MR) is 90.4 cm³/mol. The lowest BCUT2D eigenvalue weighted by Gasteiger charge is -2.17. The van der Waals surface area contributed by atoms with Crippen LogP contribution in [0.2, 0.25) is 0 Å². The van der Waals surface area contributed by atoms with E-state index in [0.717, 1.165) is 48.6 Å². The number of fused-ring (bicyclic) bond motifs is 1. The molecule has 1 fully saturated rings. The molecule has 1 aromatic carbocycles. The average Bonchev–Trinajstić information content (AvgIpc) is 3.18. The number of aromatic hydroxyl groups is 1. The Hall–Kier alpha value is -2.40. The number of likely N-dealkylation sites (N-methyl/N-ethyl adjacent to an activating group) is 1. The molecule has 5 nitrogen and oxygen atoms in total. The minimum Gasteiger partial charge on any atom is -0.508 e. The van der Waals surface area contributed by atoms with Crippen molar-refractivity contribution in [3.8, 4) is 17.1 Å². The van der Waals surface area contributed by atoms with Gasteiger partial charge in [0, 0.05) is 24.8 Å². The molecule has 1 N–H and O–H groups in total. The lowest BCUT2D eigenvalue weighted by Crippen LogP contribution is -2.21. The summed E-state index contributed by atoms with van der Waals surface area (Å²) in [6.07, 6.45) is 2.92. The molecule has 0 saturated carbocycles. The Labute approximate surface area is 135 Å². The zero-order valence-electron chi connectivity index (χ0n) is 13.2. The lowest BCUT2D eigenvalue weighted by molar-refractivity contribution is 0.343. The Kier molecular flexibility index (Phi) is 3.50. The number of aromatic nitrogens is 3. The molecule has 3 heterocycles. The number of benzene rings is 1. The number of imidazole rings is 1. The first kappa shape index (κ1) is 14.2. The van der Waals surface area contributed by atoms with Crippen LogP contribution >= 0.6 is 0 Å². The number of hydrogen-bond acceptors (Lipinski definition) is 4. The van der Waals surface area contributed by atoms with Gasteiger partial charge in [0.05, 0.1) is 6.04 Å². The fraction of sp³-hybridized carbons (Fsp3) is 0.333. The number of hydrogen-bond donors (Lipinski definition) is 1. The van der Waals surface area contributed by atoms with Crippen molar-refractivity contribution in [2.24, 2.45) is 0 Å². The Bertz CT molecular complexity index is 842. The second-order valence-corrected chi connectivity index (χ2v) is 6.04. The molecule has 0 radical (unpaired) electrons. The zero-order chi connectivity index (χ0) is 15.8. The summed E-state index contributed by atoms with van der Waals surface area (Å²) in [5.74, 6) is 1.15. The standard InChI is InChI=1S/C18H20N4O/c1-2-21-10-8-14(12-21)22-17(13-5-3-6-15(23)11-13)20-16-7-4-9-19-18(16)22/h3-7,9,11,14,23H,2,8,10,12H2,1H3. The van der Waals surface area contributed by atoms with Gasteiger partial charge in [0.2, 0.25) is 0 Å². The SMILES string of the molecule is CCN1CCC(n2c(-c3cccc(O)c3)nc3cccnc32)C1. The number of nitrogens with zero attached hydrogens (tertiary/aromatic N) is 4. The number of rotatable bonds is 3. The number of likely N-dealkylation sites (tertiary alicyclic amines) is 1. The van der Waals surface area contributed by atoms with Crippen LogP contribution in [-0.2, 0) is 0 Å². The lowest BCUT2D eigenvalue weighted by atomic mass is 10.2. The molecule has 2 aromatic heterocycles. The third-order valence-electron chi connectivity index (χ3n) is 4.61. The second-order valence-electron chi connectivity index (χ2n) is 6.04. The summed E-state index contributed by atoms with van der Waals surface area (Å²) in [6, 6.07) is 11.6. The minimum absolute atomic E-state index is 0.260. The van der Waals surface area contributed by atoms with Crippen LogP contribution in [0.3, 0.4) is 0 Å². The average molecular weight is 308 g/mol. The molecule has 23 heavy (non-hydrogen) atoms. The largest absolute Gasteiger partial charge is 0.508 e. The van der Waals surface area contributed by atoms with Crippen molar-refractivity contribution >= 4 is 11.2 Å². The van der Waals surface area contributed by atoms with Gasteiger partial charge < -0.3 is 14.6 Å². The van der Waals surface area contributed by atoms with E-state index in [1.165, 1.54) is 0 Å². The first-order valence-electron chi connectivity index (χ1n) is 8.11. The van der Waals surface area contributed by atoms with Crippen molar-refractivity contribution in [2.45, 2.75) is 19.4 Å². The molecule has 118 valence electrons. The molecule has 0 amide bonds. The maximum absolute atomic E-state index is 9.82. The minimum atomic E-state index is 0.260. The van der Waals surface area contributed by atoms with Crippen molar-refractivity contribution in [3.63, 3.8) is 0 Å². The van der Waals surface area contributed by atoms with Crippen LogP contribution in [0.1, 0.15) is 19.4 Å². The fourth-order valence-corrected chi connectivity index (χ4v) is 3.43. The summed E-state index contributed by atoms with van der Waals surface area (Å²) >= 11 is 0. The summed E-state index contributed by atoms with van der Waals surface area (Å²) < 4.78 is 2.25. The van der Waals surface area contributed by atoms with Gasteiger partial charge >= 0.3 is 0 Å². The summed E-state index contributed by atoms with van der Waals surface area (Å²) in [7, 11) is 0. The van der Waals surface area contributed by atoms with Gasteiger partial charge in [-0.1, -0.05) is 19.1 Å². The number of phenolic OH excluding ortho intramolecular Hbond substituents is 1. The highest BCUT2D eigenvalue weighted by Crippen LogP contribution is 2.32. The molecule has 0 spiro atoms. The van der Waals surface area contributed by atoms with E-state index in [9.17, 15) is 5.11 Å². The van der Waals surface area contributed by atoms with Crippen molar-refractivity contribution < 1.29 is 5.11 Å². The van der Waals surface area contributed by atoms with Crippen LogP contribution in [0.5, 0.6) is 5.75 Å². The molecule has 1 aliphatic heterocycles. The maximum atomic E-state index is 9.82. The van der Waals surface area contributed by atoms with Gasteiger partial charge in [-0.25, -0.2) is 9.97 Å². The Morgan fingerprint density at radius 3 is 2.96 bits per heavy atom. The molecule has 1 atom stereocenters. The Balaban J connectivity index is 1.88. The zero-order valence-corrected chi connectivity index (χ0v) is 13.2. The Morgan fingerprint density at radius 1 is 1.26 bits per heavy atom. The molecule has 5 heteroatoms. The molecule has 0 bridgehead atoms. The van der Waals surface area contributed by atoms with Crippen LogP contribution in [0.25, 0.3) is 22.6 Å². The van der Waals surface area contributed by atoms with E-state index in [2.05, 4.69) is 21.4 Å². The van der Waals surface area contributed by atoms with Gasteiger partial charge in [-0.3, -0.25) is 0 Å². The van der Waals surface area contributed by atoms with E-state index in [4.69, 9.17) is 4.98 Å². The van der Waals surface area contributed by atoms with Crippen molar-refractivity contribution in [1.29, 1.82) is 0 Å². The van der Waals surface area contributed by atoms with Crippen molar-refractivity contribution in [3.05, 3.63) is 42.6 Å². The summed E-state index contributed by atoms with van der Waals surface area (Å²) in [4.78, 5) is 11.8. The van der Waals surface area contributed by atoms with Gasteiger partial charge in [0.15, 0.2) is 5.65 Å². The molecular formula is C18H20N4O. The van der Waals surface area contributed by atoms with Crippen LogP contribution in [0, 0.1) is 0 Å². The third kappa shape index (κ3) is 2.47. The first-order chi connectivity index (χ1) is 11.3. The summed E-state index contributed by atoms with van der Waals surface area (Å²) in [5.41, 5.74) is 2.76. The van der Waals surface area contributed by atoms with Gasteiger partial charge in [0.1, 0.15) is 17.1 Å². The quantitative estimate of drug-likeness (QED) is 0.808. The van der Waals surface area contributed by atoms with Crippen LogP contribution in [-0.4, -0.2) is 44.2 Å². The molecule has 4 rings (SSSR count). The molecule has 1 unspecified atom stereocenters. The molecule has 1 aliphatic rings. The van der Waals surface area contributed by atoms with Crippen molar-refractivity contribution in [1.82, 2.24) is 19.4 Å². The predicted octanol–water partition coefficient (Wildman–Crippen LogP) is 3.07. The molecule has 1 saturated heterocycles. The van der Waals surface area contributed by atoms with Gasteiger partial charge in [-0.2, -0.15) is 0 Å². The van der Waals surface area contributed by atoms with Crippen LogP contribution in [0.15, 0.2) is 42.6 Å². The van der Waals surface area contributed by atoms with Crippen LogP contribution in [0.4, 0.5) is 0 Å². The number of phenols is 1. The van der Waals surface area contributed by atoms with Crippen molar-refractivity contribution in [2.75, 3.05) is 19.6 Å². The first-order valence-corrected chi connectivity index (χ1v) is 8.11. The van der Waals surface area contributed by atoms with E-state index in [-0.39, 0.29) is 5.75 Å². The van der Waals surface area contributed by atoms with E-state index in [1.807, 2.05) is 30.5 Å². The monoisotopic (exact) mass is 308 g/mol. The van der Waals surface area contributed by atoms with E-state index < -0.39 is 0 Å². The highest BCUT2D eigenvalue weighted by Gasteiger charge is 2.27. The fourth-order valence-electron chi connectivity index (χ4n) is 3.43. The Morgan fingerprint density at radius 2 is 2.17 bits per heavy atom. The van der Waals surface area contributed by atoms with Gasteiger partial charge in [-0.15, -0.1) is 0 Å². The second kappa shape index (κ2) is 5.66. The third-order valence-corrected chi connectivity index (χ3v) is 4.61. The van der Waals surface area contributed by atoms with E-state index in [0.29, 0.717) is 6.04 Å². The highest BCUT2D eigenvalue weighted by molar-refractivity contribution is 5.77. The summed E-state index contributed by atoms with van der Waals surface area (Å²) in [6.45, 7) is 5.39. The molecule has 3 aromatic rings. The van der Waals surface area contributed by atoms with Gasteiger partial charge in [-0.05, 0) is 37.2 Å². The topological polar surface area (TPSA) is 54.2 Å². The molecular weight excluding hydrogens is 288 g/mol. The van der Waals surface area contributed by atoms with Crippen LogP contribution < -0.4 is 0 Å². The molecule has 0 aliphatic carbocycles. The summed E-state index contributed by atoms with van der Waals surface area (Å²) in [5, 5.41) is 9.82. The smallest absolute Gasteiger partial charge is 0.160 e. The van der Waals surface area contributed by atoms with E-state index in [1.54, 1.807) is 12.1 Å². The van der Waals surface area contributed by atoms with E-state index >= 15 is 0 Å².